The first-order valence-corrected chi connectivity index (χ1v) is 9.75. The first-order chi connectivity index (χ1) is 8.74. The Morgan fingerprint density at radius 2 is 1.74 bits per heavy atom. The van der Waals surface area contributed by atoms with Gasteiger partial charge in [0.25, 0.3) is 0 Å². The van der Waals surface area contributed by atoms with Crippen molar-refractivity contribution in [2.75, 3.05) is 24.6 Å². The highest BCUT2D eigenvalue weighted by molar-refractivity contribution is 9.10. The number of hydrogen-bond acceptors (Lipinski definition) is 4. The largest absolute Gasteiger partial charge is 0.244 e. The lowest BCUT2D eigenvalue weighted by atomic mass is 9.85. The number of benzene rings is 1. The lowest BCUT2D eigenvalue weighted by molar-refractivity contribution is 0.101. The maximum Gasteiger partial charge on any atom is 0.244 e. The second kappa shape index (κ2) is 4.03. The van der Waals surface area contributed by atoms with Crippen LogP contribution in [0.3, 0.4) is 0 Å². The number of hydrogen-bond donors (Lipinski definition) is 0. The van der Waals surface area contributed by atoms with Gasteiger partial charge in [-0.05, 0) is 28.1 Å². The van der Waals surface area contributed by atoms with Crippen LogP contribution in [0.25, 0.3) is 0 Å². The van der Waals surface area contributed by atoms with Gasteiger partial charge in [-0.3, -0.25) is 0 Å². The van der Waals surface area contributed by atoms with E-state index in [1.54, 1.807) is 24.3 Å². The van der Waals surface area contributed by atoms with Gasteiger partial charge in [0, 0.05) is 23.0 Å². The van der Waals surface area contributed by atoms with Gasteiger partial charge in [-0.25, -0.2) is 16.8 Å². The van der Waals surface area contributed by atoms with Gasteiger partial charge in [-0.15, -0.1) is 0 Å². The van der Waals surface area contributed by atoms with E-state index in [9.17, 15) is 16.8 Å². The summed E-state index contributed by atoms with van der Waals surface area (Å²) >= 11 is 3.23. The van der Waals surface area contributed by atoms with Gasteiger partial charge >= 0.3 is 0 Å². The molecule has 0 N–H and O–H groups in total. The molecule has 2 aliphatic rings. The van der Waals surface area contributed by atoms with Crippen molar-refractivity contribution in [1.29, 1.82) is 0 Å². The second-order valence-electron chi connectivity index (χ2n) is 5.24. The molecule has 8 heteroatoms. The predicted octanol–water partition coefficient (Wildman–Crippen LogP) is 0.868. The average Bonchev–Trinajstić information content (AvgIpc) is 2.22. The summed E-state index contributed by atoms with van der Waals surface area (Å²) in [5, 5.41) is 0. The Kier molecular flexibility index (Phi) is 2.87. The molecule has 19 heavy (non-hydrogen) atoms. The summed E-state index contributed by atoms with van der Waals surface area (Å²) in [7, 11) is -6.45. The zero-order valence-electron chi connectivity index (χ0n) is 9.91. The summed E-state index contributed by atoms with van der Waals surface area (Å²) in [6, 6.07) is 6.64. The standard InChI is InChI=1S/C11H12BrNO4S2/c12-9-3-1-2-4-10(9)19(16,17)13-5-11(6-13)7-18(14,15)8-11/h1-4H,5-8H2. The predicted molar refractivity (Wildman–Crippen MR) is 74.0 cm³/mol. The van der Waals surface area contributed by atoms with Crippen LogP contribution in [0.5, 0.6) is 0 Å². The van der Waals surface area contributed by atoms with Crippen molar-refractivity contribution in [3.05, 3.63) is 28.7 Å². The molecule has 0 bridgehead atoms. The van der Waals surface area contributed by atoms with Crippen molar-refractivity contribution >= 4 is 35.8 Å². The minimum Gasteiger partial charge on any atom is -0.229 e. The van der Waals surface area contributed by atoms with Crippen LogP contribution >= 0.6 is 15.9 Å². The van der Waals surface area contributed by atoms with E-state index in [-0.39, 0.29) is 21.8 Å². The van der Waals surface area contributed by atoms with Crippen LogP contribution in [0.15, 0.2) is 33.6 Å². The van der Waals surface area contributed by atoms with Gasteiger partial charge in [0.2, 0.25) is 10.0 Å². The summed E-state index contributed by atoms with van der Waals surface area (Å²) in [6.45, 7) is 0.603. The lowest BCUT2D eigenvalue weighted by Gasteiger charge is -2.53. The van der Waals surface area contributed by atoms with Crippen LogP contribution < -0.4 is 0 Å². The van der Waals surface area contributed by atoms with E-state index >= 15 is 0 Å². The van der Waals surface area contributed by atoms with Gasteiger partial charge in [-0.2, -0.15) is 4.31 Å². The molecule has 0 radical (unpaired) electrons. The first kappa shape index (κ1) is 13.5. The minimum atomic E-state index is -3.53. The third kappa shape index (κ3) is 2.14. The van der Waals surface area contributed by atoms with E-state index < -0.39 is 19.9 Å². The maximum atomic E-state index is 12.4. The molecule has 2 saturated heterocycles. The van der Waals surface area contributed by atoms with Crippen molar-refractivity contribution in [1.82, 2.24) is 4.31 Å². The Hall–Kier alpha value is -0.440. The number of sulfone groups is 1. The summed E-state index contributed by atoms with van der Waals surface area (Å²) in [6.07, 6.45) is 0. The molecule has 1 spiro atoms. The van der Waals surface area contributed by atoms with E-state index in [1.165, 1.54) is 4.31 Å². The van der Waals surface area contributed by atoms with Crippen LogP contribution in [-0.4, -0.2) is 45.7 Å². The fraction of sp³-hybridized carbons (Fsp3) is 0.455. The van der Waals surface area contributed by atoms with Gasteiger partial charge in [0.1, 0.15) is 0 Å². The Balaban J connectivity index is 1.81. The molecule has 0 atom stereocenters. The Morgan fingerprint density at radius 3 is 2.26 bits per heavy atom. The summed E-state index contributed by atoms with van der Waals surface area (Å²) in [5.41, 5.74) is -0.326. The zero-order chi connectivity index (χ0) is 13.9. The van der Waals surface area contributed by atoms with E-state index in [1.807, 2.05) is 0 Å². The van der Waals surface area contributed by atoms with Gasteiger partial charge in [0.05, 0.1) is 16.4 Å². The van der Waals surface area contributed by atoms with Crippen LogP contribution in [0, 0.1) is 5.41 Å². The Morgan fingerprint density at radius 1 is 1.16 bits per heavy atom. The lowest BCUT2D eigenvalue weighted by Crippen LogP contribution is -2.69. The number of rotatable bonds is 2. The maximum absolute atomic E-state index is 12.4. The monoisotopic (exact) mass is 365 g/mol. The van der Waals surface area contributed by atoms with E-state index in [4.69, 9.17) is 0 Å². The van der Waals surface area contributed by atoms with Crippen molar-refractivity contribution < 1.29 is 16.8 Å². The molecule has 2 heterocycles. The third-order valence-electron chi connectivity index (χ3n) is 3.53. The molecule has 0 saturated carbocycles. The first-order valence-electron chi connectivity index (χ1n) is 5.69. The molecule has 0 unspecified atom stereocenters. The number of sulfonamides is 1. The minimum absolute atomic E-state index is 0.113. The molecular weight excluding hydrogens is 354 g/mol. The zero-order valence-corrected chi connectivity index (χ0v) is 13.1. The fourth-order valence-electron chi connectivity index (χ4n) is 2.74. The van der Waals surface area contributed by atoms with E-state index in [0.717, 1.165) is 0 Å². The van der Waals surface area contributed by atoms with Crippen molar-refractivity contribution in [3.8, 4) is 0 Å². The number of halogens is 1. The highest BCUT2D eigenvalue weighted by Crippen LogP contribution is 2.44. The fourth-order valence-corrected chi connectivity index (χ4v) is 7.51. The van der Waals surface area contributed by atoms with Crippen molar-refractivity contribution in [2.24, 2.45) is 5.41 Å². The van der Waals surface area contributed by atoms with Crippen LogP contribution in [0.2, 0.25) is 0 Å². The van der Waals surface area contributed by atoms with Crippen LogP contribution in [0.4, 0.5) is 0 Å². The normalized spacial score (nSPS) is 24.7. The molecule has 1 aromatic rings. The quantitative estimate of drug-likeness (QED) is 0.779. The Bertz CT molecular complexity index is 722. The summed E-state index contributed by atoms with van der Waals surface area (Å²) in [5.74, 6) is 0.226. The average molecular weight is 366 g/mol. The van der Waals surface area contributed by atoms with Crippen LogP contribution in [-0.2, 0) is 19.9 Å². The highest BCUT2D eigenvalue weighted by Gasteiger charge is 2.58. The van der Waals surface area contributed by atoms with Gasteiger partial charge in [-0.1, -0.05) is 12.1 Å². The molecule has 0 aromatic heterocycles. The SMILES string of the molecule is O=S1(=O)CC2(CN(S(=O)(=O)c3ccccc3Br)C2)C1. The van der Waals surface area contributed by atoms with Crippen molar-refractivity contribution in [3.63, 3.8) is 0 Å². The van der Waals surface area contributed by atoms with Gasteiger partial charge < -0.3 is 0 Å². The molecule has 1 aromatic carbocycles. The number of nitrogens with zero attached hydrogens (tertiary/aromatic N) is 1. The molecule has 0 amide bonds. The molecule has 104 valence electrons. The molecule has 3 rings (SSSR count). The van der Waals surface area contributed by atoms with Crippen LogP contribution in [0.1, 0.15) is 0 Å². The molecule has 2 fully saturated rings. The highest BCUT2D eigenvalue weighted by atomic mass is 79.9. The van der Waals surface area contributed by atoms with Crippen molar-refractivity contribution in [2.45, 2.75) is 4.90 Å². The molecule has 2 aliphatic heterocycles. The van der Waals surface area contributed by atoms with E-state index in [0.29, 0.717) is 17.6 Å². The second-order valence-corrected chi connectivity index (χ2v) is 10.1. The molecule has 0 aliphatic carbocycles. The Labute approximate surface area is 120 Å². The van der Waals surface area contributed by atoms with E-state index in [2.05, 4.69) is 15.9 Å². The molecule has 5 nitrogen and oxygen atoms in total. The topological polar surface area (TPSA) is 71.5 Å². The summed E-state index contributed by atoms with van der Waals surface area (Å²) < 4.78 is 49.0. The molecular formula is C11H12BrNO4S2. The third-order valence-corrected chi connectivity index (χ3v) is 8.44. The van der Waals surface area contributed by atoms with Gasteiger partial charge in [0.15, 0.2) is 9.84 Å². The summed E-state index contributed by atoms with van der Waals surface area (Å²) in [4.78, 5) is 0.229. The smallest absolute Gasteiger partial charge is 0.229 e.